The highest BCUT2D eigenvalue weighted by molar-refractivity contribution is 5.59. The summed E-state index contributed by atoms with van der Waals surface area (Å²) in [7, 11) is 0. The molecule has 0 bridgehead atoms. The Labute approximate surface area is 188 Å². The fourth-order valence-corrected chi connectivity index (χ4v) is 4.43. The molecule has 1 N–H and O–H groups in total. The lowest BCUT2D eigenvalue weighted by atomic mass is 9.99. The summed E-state index contributed by atoms with van der Waals surface area (Å²) in [6, 6.07) is 8.99. The van der Waals surface area contributed by atoms with E-state index in [0.29, 0.717) is 12.5 Å². The van der Waals surface area contributed by atoms with Crippen LogP contribution in [0.3, 0.4) is 0 Å². The molecule has 10 heteroatoms. The van der Waals surface area contributed by atoms with Crippen LogP contribution in [0, 0.1) is 5.82 Å². The summed E-state index contributed by atoms with van der Waals surface area (Å²) in [4.78, 5) is 13.8. The second-order valence-electron chi connectivity index (χ2n) is 8.35. The number of imidazole rings is 1. The van der Waals surface area contributed by atoms with Crippen LogP contribution in [-0.2, 0) is 6.42 Å². The molecule has 1 aliphatic heterocycles. The maximum Gasteiger partial charge on any atom is 0.319 e. The Hall–Kier alpha value is -4.08. The Balaban J connectivity index is 1.46. The van der Waals surface area contributed by atoms with E-state index in [1.54, 1.807) is 6.33 Å². The predicted molar refractivity (Wildman–Crippen MR) is 118 cm³/mol. The molecule has 1 aliphatic rings. The molecule has 6 rings (SSSR count). The standard InChI is InChI=1S/C23H21FN8O/c1-13(2)14-5-4-9-32-18(14)11-17(30-32)21-20-16(26-12-27-20)7-10-31(21)23-29-28-22(33-23)19-15(24)6-3-8-25-19/h3-6,8-9,11-13,21H,7,10H2,1-2H3,(H,26,27)/t21-/m1/s1. The number of anilines is 1. The van der Waals surface area contributed by atoms with Crippen molar-refractivity contribution in [2.75, 3.05) is 11.4 Å². The van der Waals surface area contributed by atoms with Gasteiger partial charge >= 0.3 is 6.01 Å². The zero-order valence-corrected chi connectivity index (χ0v) is 18.1. The van der Waals surface area contributed by atoms with E-state index in [-0.39, 0.29) is 23.6 Å². The van der Waals surface area contributed by atoms with Gasteiger partial charge in [0.05, 0.1) is 23.2 Å². The third kappa shape index (κ3) is 3.17. The van der Waals surface area contributed by atoms with Crippen LogP contribution >= 0.6 is 0 Å². The van der Waals surface area contributed by atoms with Gasteiger partial charge in [-0.25, -0.2) is 18.9 Å². The highest BCUT2D eigenvalue weighted by Gasteiger charge is 2.36. The number of hydrogen-bond donors (Lipinski definition) is 1. The molecule has 5 aromatic rings. The molecule has 0 amide bonds. The molecule has 166 valence electrons. The maximum atomic E-state index is 14.2. The first-order chi connectivity index (χ1) is 16.1. The average molecular weight is 444 g/mol. The van der Waals surface area contributed by atoms with Gasteiger partial charge in [-0.3, -0.25) is 0 Å². The van der Waals surface area contributed by atoms with E-state index in [1.165, 1.54) is 23.9 Å². The molecule has 0 saturated heterocycles. The first kappa shape index (κ1) is 19.6. The van der Waals surface area contributed by atoms with E-state index in [2.05, 4.69) is 51.1 Å². The first-order valence-electron chi connectivity index (χ1n) is 10.8. The van der Waals surface area contributed by atoms with Crippen molar-refractivity contribution in [3.63, 3.8) is 0 Å². The highest BCUT2D eigenvalue weighted by atomic mass is 19.1. The lowest BCUT2D eigenvalue weighted by Gasteiger charge is -2.32. The Bertz CT molecular complexity index is 1450. The van der Waals surface area contributed by atoms with Gasteiger partial charge in [0.1, 0.15) is 6.04 Å². The summed E-state index contributed by atoms with van der Waals surface area (Å²) in [5, 5.41) is 13.2. The zero-order valence-electron chi connectivity index (χ0n) is 18.1. The Morgan fingerprint density at radius 2 is 2.09 bits per heavy atom. The summed E-state index contributed by atoms with van der Waals surface area (Å²) in [5.74, 6) is -0.126. The molecule has 0 unspecified atom stereocenters. The summed E-state index contributed by atoms with van der Waals surface area (Å²) in [5.41, 5.74) is 5.02. The maximum absolute atomic E-state index is 14.2. The van der Waals surface area contributed by atoms with Gasteiger partial charge in [0.15, 0.2) is 11.5 Å². The summed E-state index contributed by atoms with van der Waals surface area (Å²) < 4.78 is 22.0. The van der Waals surface area contributed by atoms with Gasteiger partial charge in [-0.2, -0.15) is 5.10 Å². The molecule has 0 fully saturated rings. The molecule has 0 saturated carbocycles. The van der Waals surface area contributed by atoms with Crippen LogP contribution in [0.25, 0.3) is 17.1 Å². The fourth-order valence-electron chi connectivity index (χ4n) is 4.43. The van der Waals surface area contributed by atoms with E-state index in [9.17, 15) is 4.39 Å². The number of halogens is 1. The summed E-state index contributed by atoms with van der Waals surface area (Å²) >= 11 is 0. The van der Waals surface area contributed by atoms with Crippen molar-refractivity contribution in [2.45, 2.75) is 32.2 Å². The molecular formula is C23H21FN8O. The number of nitrogens with one attached hydrogen (secondary N) is 1. The minimum Gasteiger partial charge on any atom is -0.401 e. The normalized spacial score (nSPS) is 16.0. The summed E-state index contributed by atoms with van der Waals surface area (Å²) in [6.45, 7) is 4.94. The molecule has 0 aliphatic carbocycles. The van der Waals surface area contributed by atoms with Crippen molar-refractivity contribution < 1.29 is 8.81 Å². The summed E-state index contributed by atoms with van der Waals surface area (Å²) in [6.07, 6.45) is 5.86. The van der Waals surface area contributed by atoms with Gasteiger partial charge in [0.2, 0.25) is 0 Å². The van der Waals surface area contributed by atoms with E-state index < -0.39 is 5.82 Å². The van der Waals surface area contributed by atoms with Crippen molar-refractivity contribution >= 4 is 11.5 Å². The van der Waals surface area contributed by atoms with Gasteiger partial charge in [-0.1, -0.05) is 25.0 Å². The lowest BCUT2D eigenvalue weighted by molar-refractivity contribution is 0.499. The van der Waals surface area contributed by atoms with Gasteiger partial charge in [-0.05, 0) is 35.7 Å². The molecule has 6 heterocycles. The van der Waals surface area contributed by atoms with E-state index >= 15 is 0 Å². The minimum atomic E-state index is -0.515. The predicted octanol–water partition coefficient (Wildman–Crippen LogP) is 3.92. The van der Waals surface area contributed by atoms with Crippen LogP contribution in [0.2, 0.25) is 0 Å². The van der Waals surface area contributed by atoms with Crippen molar-refractivity contribution in [1.82, 2.24) is 34.8 Å². The van der Waals surface area contributed by atoms with Crippen LogP contribution in [0.5, 0.6) is 0 Å². The third-order valence-electron chi connectivity index (χ3n) is 6.00. The van der Waals surface area contributed by atoms with Crippen LogP contribution in [0.1, 0.15) is 48.5 Å². The lowest BCUT2D eigenvalue weighted by Crippen LogP contribution is -2.36. The quantitative estimate of drug-likeness (QED) is 0.448. The third-order valence-corrected chi connectivity index (χ3v) is 6.00. The van der Waals surface area contributed by atoms with Crippen molar-refractivity contribution in [3.05, 3.63) is 77.5 Å². The van der Waals surface area contributed by atoms with Crippen molar-refractivity contribution in [1.29, 1.82) is 0 Å². The molecule has 33 heavy (non-hydrogen) atoms. The van der Waals surface area contributed by atoms with Crippen LogP contribution < -0.4 is 4.90 Å². The second kappa shape index (κ2) is 7.51. The van der Waals surface area contributed by atoms with Crippen LogP contribution in [0.4, 0.5) is 10.4 Å². The molecule has 1 atom stereocenters. The second-order valence-corrected chi connectivity index (χ2v) is 8.35. The van der Waals surface area contributed by atoms with E-state index in [4.69, 9.17) is 9.52 Å². The Morgan fingerprint density at radius 3 is 2.94 bits per heavy atom. The largest absolute Gasteiger partial charge is 0.401 e. The molecule has 5 aromatic heterocycles. The SMILES string of the molecule is CC(C)c1cccn2nc([C@@H]3c4nc[nH]c4CCN3c3nnc(-c4ncccc4F)o3)cc12. The molecule has 9 nitrogen and oxygen atoms in total. The molecular weight excluding hydrogens is 423 g/mol. The van der Waals surface area contributed by atoms with E-state index in [0.717, 1.165) is 29.0 Å². The van der Waals surface area contributed by atoms with Gasteiger partial charge in [-0.15, -0.1) is 5.10 Å². The minimum absolute atomic E-state index is 0.0274. The van der Waals surface area contributed by atoms with Crippen LogP contribution in [-0.4, -0.2) is 41.3 Å². The zero-order chi connectivity index (χ0) is 22.5. The number of aromatic amines is 1. The van der Waals surface area contributed by atoms with Gasteiger partial charge in [0, 0.05) is 31.1 Å². The van der Waals surface area contributed by atoms with Gasteiger partial charge in [0.25, 0.3) is 5.89 Å². The average Bonchev–Trinajstić information content (AvgIpc) is 3.56. The number of nitrogens with zero attached hydrogens (tertiary/aromatic N) is 7. The van der Waals surface area contributed by atoms with E-state index in [1.807, 2.05) is 21.7 Å². The fraction of sp³-hybridized carbons (Fsp3) is 0.261. The number of pyridine rings is 2. The first-order valence-corrected chi connectivity index (χ1v) is 10.8. The number of hydrogen-bond acceptors (Lipinski definition) is 7. The smallest absolute Gasteiger partial charge is 0.319 e. The Morgan fingerprint density at radius 1 is 1.18 bits per heavy atom. The highest BCUT2D eigenvalue weighted by Crippen LogP contribution is 2.37. The topological polar surface area (TPSA) is 101 Å². The van der Waals surface area contributed by atoms with Crippen molar-refractivity contribution in [3.8, 4) is 11.6 Å². The number of rotatable bonds is 4. The Kier molecular flexibility index (Phi) is 4.46. The monoisotopic (exact) mass is 444 g/mol. The van der Waals surface area contributed by atoms with Crippen molar-refractivity contribution in [2.24, 2.45) is 0 Å². The number of fused-ring (bicyclic) bond motifs is 2. The van der Waals surface area contributed by atoms with Gasteiger partial charge < -0.3 is 14.3 Å². The number of aromatic nitrogens is 7. The molecule has 0 radical (unpaired) electrons. The molecule has 0 spiro atoms. The number of H-pyrrole nitrogens is 1. The molecule has 0 aromatic carbocycles. The van der Waals surface area contributed by atoms with Crippen LogP contribution in [0.15, 0.2) is 53.5 Å².